The predicted octanol–water partition coefficient (Wildman–Crippen LogP) is 1.02. The third kappa shape index (κ3) is 3.91. The van der Waals surface area contributed by atoms with Gasteiger partial charge in [0.05, 0.1) is 23.8 Å². The molecule has 0 bridgehead atoms. The molecule has 0 radical (unpaired) electrons. The molecule has 0 saturated carbocycles. The number of imide groups is 1. The summed E-state index contributed by atoms with van der Waals surface area (Å²) in [5.41, 5.74) is 0.662. The van der Waals surface area contributed by atoms with Crippen molar-refractivity contribution in [2.75, 3.05) is 25.0 Å². The van der Waals surface area contributed by atoms with Crippen molar-refractivity contribution in [3.8, 4) is 0 Å². The fourth-order valence-electron chi connectivity index (χ4n) is 1.97. The highest BCUT2D eigenvalue weighted by Gasteiger charge is 2.23. The van der Waals surface area contributed by atoms with Crippen LogP contribution in [0.15, 0.2) is 12.1 Å². The number of hydrogen-bond donors (Lipinski definition) is 2. The lowest BCUT2D eigenvalue weighted by Gasteiger charge is -2.25. The molecule has 1 aromatic rings. The summed E-state index contributed by atoms with van der Waals surface area (Å²) >= 11 is 6.12. The van der Waals surface area contributed by atoms with E-state index in [1.165, 1.54) is 0 Å². The van der Waals surface area contributed by atoms with Crippen molar-refractivity contribution in [1.82, 2.24) is 15.2 Å². The van der Waals surface area contributed by atoms with Crippen molar-refractivity contribution in [3.05, 3.63) is 22.8 Å². The lowest BCUT2D eigenvalue weighted by Crippen LogP contribution is -2.51. The minimum Gasteiger partial charge on any atom is -0.370 e. The van der Waals surface area contributed by atoms with E-state index in [1.54, 1.807) is 11.0 Å². The van der Waals surface area contributed by atoms with E-state index in [0.29, 0.717) is 17.3 Å². The van der Waals surface area contributed by atoms with Crippen LogP contribution in [-0.4, -0.2) is 41.3 Å². The first-order chi connectivity index (χ1) is 9.58. The molecule has 2 amide bonds. The molecule has 0 unspecified atom stereocenters. The summed E-state index contributed by atoms with van der Waals surface area (Å²) in [6.45, 7) is 3.63. The largest absolute Gasteiger partial charge is 0.370 e. The number of hydrogen-bond acceptors (Lipinski definition) is 5. The van der Waals surface area contributed by atoms with Crippen molar-refractivity contribution in [3.63, 3.8) is 0 Å². The van der Waals surface area contributed by atoms with Crippen molar-refractivity contribution >= 4 is 29.2 Å². The lowest BCUT2D eigenvalue weighted by atomic mass is 10.2. The molecule has 6 nitrogen and oxygen atoms in total. The highest BCUT2D eigenvalue weighted by molar-refractivity contribution is 6.31. The van der Waals surface area contributed by atoms with Crippen LogP contribution in [0.2, 0.25) is 5.02 Å². The van der Waals surface area contributed by atoms with Gasteiger partial charge < -0.3 is 5.32 Å². The van der Waals surface area contributed by atoms with E-state index in [0.717, 1.165) is 18.8 Å². The summed E-state index contributed by atoms with van der Waals surface area (Å²) in [6.07, 6.45) is 1.00. The number of aromatic nitrogens is 1. The zero-order valence-electron chi connectivity index (χ0n) is 11.3. The topological polar surface area (TPSA) is 74.3 Å². The van der Waals surface area contributed by atoms with Crippen LogP contribution in [0.1, 0.15) is 19.0 Å². The molecule has 1 aliphatic rings. The number of nitrogens with zero attached hydrogens (tertiary/aromatic N) is 2. The van der Waals surface area contributed by atoms with Gasteiger partial charge in [-0.15, -0.1) is 0 Å². The van der Waals surface area contributed by atoms with Gasteiger partial charge in [-0.25, -0.2) is 4.98 Å². The summed E-state index contributed by atoms with van der Waals surface area (Å²) in [4.78, 5) is 28.8. The van der Waals surface area contributed by atoms with Crippen LogP contribution in [-0.2, 0) is 16.1 Å². The van der Waals surface area contributed by atoms with Crippen molar-refractivity contribution in [2.24, 2.45) is 0 Å². The Morgan fingerprint density at radius 2 is 2.05 bits per heavy atom. The van der Waals surface area contributed by atoms with Gasteiger partial charge in [0.1, 0.15) is 5.82 Å². The summed E-state index contributed by atoms with van der Waals surface area (Å²) in [7, 11) is 0. The highest BCUT2D eigenvalue weighted by atomic mass is 35.5. The van der Waals surface area contributed by atoms with Crippen molar-refractivity contribution in [2.45, 2.75) is 19.9 Å². The molecule has 1 saturated heterocycles. The summed E-state index contributed by atoms with van der Waals surface area (Å²) in [6, 6.07) is 3.59. The van der Waals surface area contributed by atoms with Crippen LogP contribution in [0.25, 0.3) is 0 Å². The minimum absolute atomic E-state index is 0.177. The molecular weight excluding hydrogens is 280 g/mol. The monoisotopic (exact) mass is 296 g/mol. The quantitative estimate of drug-likeness (QED) is 0.794. The van der Waals surface area contributed by atoms with Crippen molar-refractivity contribution < 1.29 is 9.59 Å². The zero-order chi connectivity index (χ0) is 14.5. The van der Waals surface area contributed by atoms with Gasteiger partial charge in [0, 0.05) is 13.1 Å². The average molecular weight is 297 g/mol. The molecule has 2 heterocycles. The van der Waals surface area contributed by atoms with E-state index >= 15 is 0 Å². The molecule has 20 heavy (non-hydrogen) atoms. The first kappa shape index (κ1) is 14.7. The third-order valence-corrected chi connectivity index (χ3v) is 3.21. The number of amides is 2. The number of halogens is 1. The number of carbonyl (C=O) groups excluding carboxylic acids is 2. The number of carbonyl (C=O) groups is 2. The molecule has 1 aliphatic heterocycles. The van der Waals surface area contributed by atoms with Gasteiger partial charge in [0.25, 0.3) is 0 Å². The van der Waals surface area contributed by atoms with Gasteiger partial charge in [-0.05, 0) is 18.6 Å². The number of piperazine rings is 1. The number of nitrogens with one attached hydrogen (secondary N) is 2. The van der Waals surface area contributed by atoms with Crippen LogP contribution in [0.4, 0.5) is 5.82 Å². The smallest absolute Gasteiger partial charge is 0.240 e. The van der Waals surface area contributed by atoms with Gasteiger partial charge >= 0.3 is 0 Å². The highest BCUT2D eigenvalue weighted by Crippen LogP contribution is 2.18. The van der Waals surface area contributed by atoms with Crippen LogP contribution >= 0.6 is 11.6 Å². The van der Waals surface area contributed by atoms with Gasteiger partial charge in [-0.2, -0.15) is 0 Å². The minimum atomic E-state index is -0.294. The fraction of sp³-hybridized carbons (Fsp3) is 0.462. The maximum Gasteiger partial charge on any atom is 0.240 e. The Hall–Kier alpha value is -1.66. The number of rotatable bonds is 5. The molecule has 0 atom stereocenters. The number of anilines is 1. The van der Waals surface area contributed by atoms with Crippen molar-refractivity contribution in [1.29, 1.82) is 0 Å². The van der Waals surface area contributed by atoms with E-state index in [9.17, 15) is 9.59 Å². The maximum atomic E-state index is 11.3. The third-order valence-electron chi connectivity index (χ3n) is 2.86. The van der Waals surface area contributed by atoms with E-state index in [4.69, 9.17) is 11.6 Å². The zero-order valence-corrected chi connectivity index (χ0v) is 12.0. The maximum absolute atomic E-state index is 11.3. The summed E-state index contributed by atoms with van der Waals surface area (Å²) in [5.74, 6) is 0.161. The molecule has 2 rings (SSSR count). The average Bonchev–Trinajstić information content (AvgIpc) is 2.38. The molecule has 1 fully saturated rings. The summed E-state index contributed by atoms with van der Waals surface area (Å²) in [5, 5.41) is 5.98. The van der Waals surface area contributed by atoms with Gasteiger partial charge in [0.2, 0.25) is 11.8 Å². The van der Waals surface area contributed by atoms with E-state index in [1.807, 2.05) is 6.07 Å². The first-order valence-electron chi connectivity index (χ1n) is 6.53. The molecular formula is C13H17ClN4O2. The molecule has 1 aromatic heterocycles. The normalized spacial score (nSPS) is 16.1. The Balaban J connectivity index is 2.07. The molecule has 108 valence electrons. The van der Waals surface area contributed by atoms with E-state index in [-0.39, 0.29) is 24.9 Å². The van der Waals surface area contributed by atoms with E-state index < -0.39 is 0 Å². The van der Waals surface area contributed by atoms with Gasteiger partial charge in [-0.1, -0.05) is 18.5 Å². The second-order valence-electron chi connectivity index (χ2n) is 4.67. The lowest BCUT2D eigenvalue weighted by molar-refractivity contribution is -0.136. The predicted molar refractivity (Wildman–Crippen MR) is 76.5 cm³/mol. The standard InChI is InChI=1S/C13H17ClN4O2/c1-2-5-15-11-4-3-9(14)10(16-11)6-18-7-12(19)17-13(20)8-18/h3-4H,2,5-8H2,1H3,(H,15,16)(H,17,19,20). The van der Waals surface area contributed by atoms with Gasteiger partial charge in [0.15, 0.2) is 0 Å². The Morgan fingerprint density at radius 3 is 2.70 bits per heavy atom. The van der Waals surface area contributed by atoms with Crippen LogP contribution in [0.3, 0.4) is 0 Å². The molecule has 0 spiro atoms. The Bertz CT molecular complexity index is 505. The number of pyridine rings is 1. The molecule has 2 N–H and O–H groups in total. The second kappa shape index (κ2) is 6.67. The molecule has 0 aliphatic carbocycles. The Labute approximate surface area is 122 Å². The SMILES string of the molecule is CCCNc1ccc(Cl)c(CN2CC(=O)NC(=O)C2)n1. The first-order valence-corrected chi connectivity index (χ1v) is 6.90. The molecule has 0 aromatic carbocycles. The van der Waals surface area contributed by atoms with Crippen LogP contribution < -0.4 is 10.6 Å². The summed E-state index contributed by atoms with van der Waals surface area (Å²) < 4.78 is 0. The van der Waals surface area contributed by atoms with E-state index in [2.05, 4.69) is 22.5 Å². The van der Waals surface area contributed by atoms with Crippen LogP contribution in [0, 0.1) is 0 Å². The second-order valence-corrected chi connectivity index (χ2v) is 5.08. The van der Waals surface area contributed by atoms with Crippen LogP contribution in [0.5, 0.6) is 0 Å². The Kier molecular flexibility index (Phi) is 4.92. The van der Waals surface area contributed by atoms with Gasteiger partial charge in [-0.3, -0.25) is 19.8 Å². The Morgan fingerprint density at radius 1 is 1.35 bits per heavy atom. The fourth-order valence-corrected chi connectivity index (χ4v) is 2.13. The molecule has 7 heteroatoms.